The Morgan fingerprint density at radius 3 is 2.44 bits per heavy atom. The van der Waals surface area contributed by atoms with Gasteiger partial charge in [0, 0.05) is 17.8 Å². The van der Waals surface area contributed by atoms with E-state index in [4.69, 9.17) is 9.47 Å². The zero-order chi connectivity index (χ0) is 22.4. The number of rotatable bonds is 5. The monoisotopic (exact) mass is 431 g/mol. The van der Waals surface area contributed by atoms with Crippen molar-refractivity contribution in [1.82, 2.24) is 5.01 Å². The van der Waals surface area contributed by atoms with Crippen LogP contribution < -0.4 is 14.4 Å². The van der Waals surface area contributed by atoms with Crippen molar-refractivity contribution in [2.45, 2.75) is 12.1 Å². The van der Waals surface area contributed by atoms with Gasteiger partial charge in [-0.15, -0.1) is 0 Å². The molecular formula is C24H21N3O5. The number of Topliss-reactive ketones (excluding diaryl/α,β-unsaturated/α-hetero) is 1. The summed E-state index contributed by atoms with van der Waals surface area (Å²) >= 11 is 0. The number of anilines is 1. The Hall–Kier alpha value is -3.94. The number of benzene rings is 2. The number of ketones is 1. The first-order valence-corrected chi connectivity index (χ1v) is 10.2. The highest BCUT2D eigenvalue weighted by Crippen LogP contribution is 2.48. The lowest BCUT2D eigenvalue weighted by Gasteiger charge is -2.30. The average Bonchev–Trinajstić information content (AvgIpc) is 3.31. The van der Waals surface area contributed by atoms with Crippen LogP contribution in [0.2, 0.25) is 0 Å². The second kappa shape index (κ2) is 7.64. The van der Waals surface area contributed by atoms with Gasteiger partial charge < -0.3 is 9.47 Å². The number of hydrogen-bond acceptors (Lipinski definition) is 7. The van der Waals surface area contributed by atoms with Crippen molar-refractivity contribution in [1.29, 1.82) is 0 Å². The quantitative estimate of drug-likeness (QED) is 0.533. The summed E-state index contributed by atoms with van der Waals surface area (Å²) in [5, 5.41) is 5.96. The fourth-order valence-corrected chi connectivity index (χ4v) is 4.82. The van der Waals surface area contributed by atoms with Crippen molar-refractivity contribution < 1.29 is 23.9 Å². The maximum absolute atomic E-state index is 13.7. The van der Waals surface area contributed by atoms with E-state index in [1.54, 1.807) is 59.8 Å². The Bertz CT molecular complexity index is 1160. The van der Waals surface area contributed by atoms with Crippen LogP contribution in [0.3, 0.4) is 0 Å². The first-order chi connectivity index (χ1) is 15.6. The van der Waals surface area contributed by atoms with E-state index < -0.39 is 29.8 Å². The van der Waals surface area contributed by atoms with Crippen molar-refractivity contribution in [3.8, 4) is 11.5 Å². The molecule has 0 radical (unpaired) electrons. The van der Waals surface area contributed by atoms with Crippen LogP contribution in [0.25, 0.3) is 0 Å². The average molecular weight is 431 g/mol. The lowest BCUT2D eigenvalue weighted by Crippen LogP contribution is -2.46. The van der Waals surface area contributed by atoms with Gasteiger partial charge in [0.05, 0.1) is 37.8 Å². The van der Waals surface area contributed by atoms with E-state index in [-0.39, 0.29) is 11.7 Å². The van der Waals surface area contributed by atoms with Crippen molar-refractivity contribution in [2.75, 3.05) is 19.1 Å². The molecule has 2 aromatic rings. The van der Waals surface area contributed by atoms with Crippen molar-refractivity contribution in [3.05, 3.63) is 66.2 Å². The second-order valence-corrected chi connectivity index (χ2v) is 7.80. The summed E-state index contributed by atoms with van der Waals surface area (Å²) in [6.45, 7) is 0. The first-order valence-electron chi connectivity index (χ1n) is 10.2. The van der Waals surface area contributed by atoms with E-state index in [0.29, 0.717) is 22.7 Å². The molecule has 0 saturated carbocycles. The number of hydrogen-bond donors (Lipinski definition) is 0. The molecule has 4 atom stereocenters. The standard InChI is InChI=1S/C24H21N3O5/c1-31-15-10-11-18(32-2)17(13-15)26-23(29)19-16-9-6-12-25-27(16)21(20(19)24(26)30)22(28)14-7-4-3-5-8-14/h3-13,16,19-21H,1-2H3/t16-,19-,20-,21+/m0/s1. The number of ether oxygens (including phenoxy) is 2. The Morgan fingerprint density at radius 1 is 0.969 bits per heavy atom. The molecule has 2 amide bonds. The van der Waals surface area contributed by atoms with Gasteiger partial charge in [-0.1, -0.05) is 36.4 Å². The number of carbonyl (C=O) groups excluding carboxylic acids is 3. The van der Waals surface area contributed by atoms with E-state index in [1.165, 1.54) is 14.2 Å². The van der Waals surface area contributed by atoms with Crippen LogP contribution in [-0.2, 0) is 9.59 Å². The zero-order valence-electron chi connectivity index (χ0n) is 17.5. The number of nitrogens with zero attached hydrogens (tertiary/aromatic N) is 3. The third-order valence-electron chi connectivity index (χ3n) is 6.24. The van der Waals surface area contributed by atoms with Crippen LogP contribution in [0.5, 0.6) is 11.5 Å². The fourth-order valence-electron chi connectivity index (χ4n) is 4.82. The lowest BCUT2D eigenvalue weighted by molar-refractivity contribution is -0.123. The third kappa shape index (κ3) is 2.83. The molecule has 2 fully saturated rings. The third-order valence-corrected chi connectivity index (χ3v) is 6.24. The van der Waals surface area contributed by atoms with Gasteiger partial charge in [0.1, 0.15) is 17.5 Å². The molecular weight excluding hydrogens is 410 g/mol. The molecule has 0 unspecified atom stereocenters. The summed E-state index contributed by atoms with van der Waals surface area (Å²) in [6, 6.07) is 12.3. The van der Waals surface area contributed by atoms with Crippen LogP contribution in [0.1, 0.15) is 10.4 Å². The van der Waals surface area contributed by atoms with Crippen molar-refractivity contribution >= 4 is 29.5 Å². The molecule has 5 rings (SSSR count). The van der Waals surface area contributed by atoms with Crippen LogP contribution >= 0.6 is 0 Å². The van der Waals surface area contributed by atoms with E-state index in [9.17, 15) is 14.4 Å². The molecule has 8 nitrogen and oxygen atoms in total. The minimum atomic E-state index is -0.883. The van der Waals surface area contributed by atoms with Crippen LogP contribution in [0.15, 0.2) is 65.8 Å². The molecule has 2 aromatic carbocycles. The highest BCUT2D eigenvalue weighted by Gasteiger charge is 2.64. The summed E-state index contributed by atoms with van der Waals surface area (Å²) in [4.78, 5) is 41.9. The number of carbonyl (C=O) groups is 3. The maximum Gasteiger partial charge on any atom is 0.240 e. The summed E-state index contributed by atoms with van der Waals surface area (Å²) in [7, 11) is 2.98. The topological polar surface area (TPSA) is 88.5 Å². The molecule has 0 spiro atoms. The summed E-state index contributed by atoms with van der Waals surface area (Å²) in [5.74, 6) is -1.81. The SMILES string of the molecule is COc1ccc(OC)c(N2C(=O)[C@@H]3[C@H](C2=O)[C@H](C(=O)c2ccccc2)N2N=CC=C[C@@H]32)c1. The van der Waals surface area contributed by atoms with Gasteiger partial charge >= 0.3 is 0 Å². The minimum absolute atomic E-state index is 0.240. The van der Waals surface area contributed by atoms with Gasteiger partial charge in [-0.3, -0.25) is 19.4 Å². The van der Waals surface area contributed by atoms with E-state index in [1.807, 2.05) is 12.1 Å². The molecule has 3 heterocycles. The molecule has 0 bridgehead atoms. The summed E-state index contributed by atoms with van der Waals surface area (Å²) in [6.07, 6.45) is 5.13. The smallest absolute Gasteiger partial charge is 0.240 e. The largest absolute Gasteiger partial charge is 0.497 e. The van der Waals surface area contributed by atoms with Gasteiger partial charge in [0.2, 0.25) is 11.8 Å². The Morgan fingerprint density at radius 2 is 1.72 bits per heavy atom. The Labute approximate surface area is 184 Å². The number of fused-ring (bicyclic) bond motifs is 3. The van der Waals surface area contributed by atoms with Crippen LogP contribution in [-0.4, -0.2) is 55.1 Å². The van der Waals surface area contributed by atoms with E-state index >= 15 is 0 Å². The Balaban J connectivity index is 1.60. The highest BCUT2D eigenvalue weighted by atomic mass is 16.5. The number of allylic oxidation sites excluding steroid dienone is 1. The lowest BCUT2D eigenvalue weighted by atomic mass is 9.86. The molecule has 8 heteroatoms. The van der Waals surface area contributed by atoms with Crippen LogP contribution in [0, 0.1) is 11.8 Å². The van der Waals surface area contributed by atoms with Gasteiger partial charge in [-0.25, -0.2) is 4.90 Å². The molecule has 32 heavy (non-hydrogen) atoms. The Kier molecular flexibility index (Phi) is 4.77. The van der Waals surface area contributed by atoms with Gasteiger partial charge in [0.15, 0.2) is 5.78 Å². The summed E-state index contributed by atoms with van der Waals surface area (Å²) < 4.78 is 10.7. The highest BCUT2D eigenvalue weighted by molar-refractivity contribution is 6.25. The van der Waals surface area contributed by atoms with E-state index in [0.717, 1.165) is 4.90 Å². The molecule has 0 aromatic heterocycles. The number of methoxy groups -OCH3 is 2. The maximum atomic E-state index is 13.7. The second-order valence-electron chi connectivity index (χ2n) is 7.80. The number of imide groups is 1. The van der Waals surface area contributed by atoms with Crippen molar-refractivity contribution in [2.24, 2.45) is 16.9 Å². The fraction of sp³-hybridized carbons (Fsp3) is 0.250. The summed E-state index contributed by atoms with van der Waals surface area (Å²) in [5.41, 5.74) is 0.774. The molecule has 3 aliphatic rings. The predicted molar refractivity (Wildman–Crippen MR) is 117 cm³/mol. The van der Waals surface area contributed by atoms with Crippen LogP contribution in [0.4, 0.5) is 5.69 Å². The number of amides is 2. The van der Waals surface area contributed by atoms with E-state index in [2.05, 4.69) is 5.10 Å². The van der Waals surface area contributed by atoms with Crippen molar-refractivity contribution in [3.63, 3.8) is 0 Å². The first kappa shape index (κ1) is 20.0. The van der Waals surface area contributed by atoms with Gasteiger partial charge in [-0.05, 0) is 18.2 Å². The van der Waals surface area contributed by atoms with Gasteiger partial charge in [-0.2, -0.15) is 5.10 Å². The molecule has 2 saturated heterocycles. The molecule has 162 valence electrons. The van der Waals surface area contributed by atoms with Gasteiger partial charge in [0.25, 0.3) is 0 Å². The molecule has 0 aliphatic carbocycles. The predicted octanol–water partition coefficient (Wildman–Crippen LogP) is 2.30. The molecule has 3 aliphatic heterocycles. The zero-order valence-corrected chi connectivity index (χ0v) is 17.5. The minimum Gasteiger partial charge on any atom is -0.497 e. The number of hydrazone groups is 1. The normalized spacial score (nSPS) is 25.7. The molecule has 0 N–H and O–H groups in total.